The minimum absolute atomic E-state index is 0.143. The lowest BCUT2D eigenvalue weighted by Gasteiger charge is -2.10. The smallest absolute Gasteiger partial charge is 0.133 e. The summed E-state index contributed by atoms with van der Waals surface area (Å²) in [6.45, 7) is 1.84. The predicted octanol–water partition coefficient (Wildman–Crippen LogP) is 3.47. The van der Waals surface area contributed by atoms with Gasteiger partial charge in [-0.2, -0.15) is 0 Å². The maximum absolute atomic E-state index is 13.7. The van der Waals surface area contributed by atoms with Gasteiger partial charge in [0.1, 0.15) is 23.9 Å². The van der Waals surface area contributed by atoms with E-state index >= 15 is 0 Å². The van der Waals surface area contributed by atoms with Gasteiger partial charge in [0.15, 0.2) is 0 Å². The predicted molar refractivity (Wildman–Crippen MR) is 74.4 cm³/mol. The summed E-state index contributed by atoms with van der Waals surface area (Å²) in [6, 6.07) is 11.7. The molecule has 2 aromatic carbocycles. The zero-order valence-electron chi connectivity index (χ0n) is 11.5. The molecular weight excluding hydrogens is 259 g/mol. The highest BCUT2D eigenvalue weighted by Crippen LogP contribution is 2.20. The number of hydrogen-bond acceptors (Lipinski definition) is 3. The first-order valence-corrected chi connectivity index (χ1v) is 6.33. The molecule has 0 aliphatic heterocycles. The molecular formula is C16H17FO3. The van der Waals surface area contributed by atoms with Crippen LogP contribution in [0.25, 0.3) is 0 Å². The summed E-state index contributed by atoms with van der Waals surface area (Å²) in [5.41, 5.74) is 1.28. The van der Waals surface area contributed by atoms with E-state index in [1.54, 1.807) is 43.3 Å². The van der Waals surface area contributed by atoms with Gasteiger partial charge in [0.2, 0.25) is 0 Å². The van der Waals surface area contributed by atoms with E-state index in [1.165, 1.54) is 13.2 Å². The summed E-state index contributed by atoms with van der Waals surface area (Å²) < 4.78 is 24.2. The van der Waals surface area contributed by atoms with Gasteiger partial charge in [-0.25, -0.2) is 4.39 Å². The Bertz CT molecular complexity index is 564. The molecule has 0 aromatic heterocycles. The third kappa shape index (κ3) is 3.48. The van der Waals surface area contributed by atoms with Gasteiger partial charge in [-0.1, -0.05) is 12.1 Å². The summed E-state index contributed by atoms with van der Waals surface area (Å²) in [7, 11) is 1.49. The minimum atomic E-state index is -0.511. The molecule has 0 spiro atoms. The Morgan fingerprint density at radius 3 is 2.30 bits per heavy atom. The topological polar surface area (TPSA) is 38.7 Å². The number of ether oxygens (including phenoxy) is 2. The molecule has 0 bridgehead atoms. The molecule has 1 atom stereocenters. The highest BCUT2D eigenvalue weighted by Gasteiger charge is 2.06. The molecule has 106 valence electrons. The Kier molecular flexibility index (Phi) is 4.58. The molecule has 4 heteroatoms. The van der Waals surface area contributed by atoms with Crippen LogP contribution in [0, 0.1) is 5.82 Å². The highest BCUT2D eigenvalue weighted by atomic mass is 19.1. The molecule has 0 saturated heterocycles. The van der Waals surface area contributed by atoms with Gasteiger partial charge in [-0.05, 0) is 36.8 Å². The molecule has 2 aromatic rings. The van der Waals surface area contributed by atoms with Crippen molar-refractivity contribution in [3.8, 4) is 11.5 Å². The first kappa shape index (κ1) is 14.3. The van der Waals surface area contributed by atoms with Crippen molar-refractivity contribution in [2.24, 2.45) is 0 Å². The van der Waals surface area contributed by atoms with E-state index in [0.29, 0.717) is 17.1 Å². The Morgan fingerprint density at radius 2 is 1.75 bits per heavy atom. The van der Waals surface area contributed by atoms with Crippen LogP contribution in [-0.4, -0.2) is 12.2 Å². The van der Waals surface area contributed by atoms with Gasteiger partial charge in [-0.15, -0.1) is 0 Å². The number of hydrogen-bond donors (Lipinski definition) is 1. The van der Waals surface area contributed by atoms with Crippen molar-refractivity contribution in [2.75, 3.05) is 7.11 Å². The van der Waals surface area contributed by atoms with Crippen LogP contribution in [0.5, 0.6) is 11.5 Å². The maximum Gasteiger partial charge on any atom is 0.133 e. The second-order valence-electron chi connectivity index (χ2n) is 4.49. The standard InChI is InChI=1S/C16H17FO3/c1-11(18)12-3-6-14(7-4-12)20-10-13-5-8-15(19-2)9-16(13)17/h3-9,11,18H,10H2,1-2H3/t11-/m0/s1. The normalized spacial score (nSPS) is 12.0. The lowest BCUT2D eigenvalue weighted by Crippen LogP contribution is -1.99. The van der Waals surface area contributed by atoms with Gasteiger partial charge >= 0.3 is 0 Å². The van der Waals surface area contributed by atoms with Gasteiger partial charge in [0, 0.05) is 11.6 Å². The lowest BCUT2D eigenvalue weighted by molar-refractivity contribution is 0.199. The highest BCUT2D eigenvalue weighted by molar-refractivity contribution is 5.31. The SMILES string of the molecule is COc1ccc(COc2ccc([C@H](C)O)cc2)c(F)c1. The van der Waals surface area contributed by atoms with Crippen LogP contribution in [0.3, 0.4) is 0 Å². The number of aliphatic hydroxyl groups is 1. The maximum atomic E-state index is 13.7. The van der Waals surface area contributed by atoms with Gasteiger partial charge in [-0.3, -0.25) is 0 Å². The fourth-order valence-corrected chi connectivity index (χ4v) is 1.78. The summed E-state index contributed by atoms with van der Waals surface area (Å²) in [6.07, 6.45) is -0.511. The largest absolute Gasteiger partial charge is 0.497 e. The van der Waals surface area contributed by atoms with Crippen molar-refractivity contribution < 1.29 is 19.0 Å². The molecule has 1 N–H and O–H groups in total. The molecule has 0 saturated carbocycles. The average molecular weight is 276 g/mol. The lowest BCUT2D eigenvalue weighted by atomic mass is 10.1. The van der Waals surface area contributed by atoms with E-state index in [1.807, 2.05) is 0 Å². The number of aliphatic hydroxyl groups excluding tert-OH is 1. The third-order valence-electron chi connectivity index (χ3n) is 3.02. The molecule has 0 amide bonds. The van der Waals surface area contributed by atoms with Gasteiger partial charge in [0.05, 0.1) is 13.2 Å². The Labute approximate surface area is 117 Å². The van der Waals surface area contributed by atoms with Crippen LogP contribution in [-0.2, 0) is 6.61 Å². The van der Waals surface area contributed by atoms with Crippen molar-refractivity contribution in [3.63, 3.8) is 0 Å². The zero-order valence-corrected chi connectivity index (χ0v) is 11.5. The number of rotatable bonds is 5. The number of benzene rings is 2. The molecule has 0 heterocycles. The molecule has 0 aliphatic rings. The van der Waals surface area contributed by atoms with Crippen LogP contribution >= 0.6 is 0 Å². The fourth-order valence-electron chi connectivity index (χ4n) is 1.78. The molecule has 20 heavy (non-hydrogen) atoms. The van der Waals surface area contributed by atoms with Crippen molar-refractivity contribution in [2.45, 2.75) is 19.6 Å². The Balaban J connectivity index is 2.01. The third-order valence-corrected chi connectivity index (χ3v) is 3.02. The second-order valence-corrected chi connectivity index (χ2v) is 4.49. The second kappa shape index (κ2) is 6.39. The van der Waals surface area contributed by atoms with Crippen LogP contribution in [0.1, 0.15) is 24.2 Å². The molecule has 2 rings (SSSR count). The fraction of sp³-hybridized carbons (Fsp3) is 0.250. The van der Waals surface area contributed by atoms with Crippen LogP contribution in [0.15, 0.2) is 42.5 Å². The van der Waals surface area contributed by atoms with Crippen molar-refractivity contribution >= 4 is 0 Å². The molecule has 3 nitrogen and oxygen atoms in total. The van der Waals surface area contributed by atoms with E-state index in [2.05, 4.69) is 0 Å². The van der Waals surface area contributed by atoms with Crippen LogP contribution in [0.2, 0.25) is 0 Å². The van der Waals surface area contributed by atoms with Crippen molar-refractivity contribution in [1.82, 2.24) is 0 Å². The van der Waals surface area contributed by atoms with E-state index in [0.717, 1.165) is 5.56 Å². The molecule has 0 radical (unpaired) electrons. The Morgan fingerprint density at radius 1 is 1.10 bits per heavy atom. The Hall–Kier alpha value is -2.07. The first-order valence-electron chi connectivity index (χ1n) is 6.33. The minimum Gasteiger partial charge on any atom is -0.497 e. The summed E-state index contributed by atoms with van der Waals surface area (Å²) >= 11 is 0. The summed E-state index contributed by atoms with van der Waals surface area (Å²) in [5.74, 6) is 0.752. The number of halogens is 1. The average Bonchev–Trinajstić information content (AvgIpc) is 2.46. The molecule has 0 aliphatic carbocycles. The van der Waals surface area contributed by atoms with Crippen molar-refractivity contribution in [1.29, 1.82) is 0 Å². The van der Waals surface area contributed by atoms with E-state index in [-0.39, 0.29) is 12.4 Å². The van der Waals surface area contributed by atoms with Crippen molar-refractivity contribution in [3.05, 3.63) is 59.4 Å². The quantitative estimate of drug-likeness (QED) is 0.908. The van der Waals surface area contributed by atoms with Gasteiger partial charge in [0.25, 0.3) is 0 Å². The first-order chi connectivity index (χ1) is 9.60. The monoisotopic (exact) mass is 276 g/mol. The molecule has 0 unspecified atom stereocenters. The van der Waals surface area contributed by atoms with Gasteiger partial charge < -0.3 is 14.6 Å². The zero-order chi connectivity index (χ0) is 14.5. The van der Waals surface area contributed by atoms with E-state index < -0.39 is 6.10 Å². The number of methoxy groups -OCH3 is 1. The van der Waals surface area contributed by atoms with Crippen LogP contribution < -0.4 is 9.47 Å². The van der Waals surface area contributed by atoms with Crippen LogP contribution in [0.4, 0.5) is 4.39 Å². The summed E-state index contributed by atoms with van der Waals surface area (Å²) in [4.78, 5) is 0. The van der Waals surface area contributed by atoms with E-state index in [4.69, 9.17) is 9.47 Å². The summed E-state index contributed by atoms with van der Waals surface area (Å²) in [5, 5.41) is 9.41. The molecule has 0 fully saturated rings. The van der Waals surface area contributed by atoms with E-state index in [9.17, 15) is 9.50 Å².